The molecule has 0 aromatic heterocycles. The molecule has 2 rings (SSSR count). The largest absolute Gasteiger partial charge is 2.00 e. The number of hydrogen-bond acceptors (Lipinski definition) is 14. The zero-order valence-electron chi connectivity index (χ0n) is 72.4. The van der Waals surface area contributed by atoms with Gasteiger partial charge in [-0.3, -0.25) is 0 Å². The number of ether oxygens (including phenoxy) is 4. The molecule has 0 aliphatic heterocycles. The molecule has 17 heteroatoms. The van der Waals surface area contributed by atoms with Gasteiger partial charge in [0.1, 0.15) is 20.2 Å². The van der Waals surface area contributed by atoms with Crippen LogP contribution in [0.5, 0.6) is 0 Å². The smallest absolute Gasteiger partial charge is 0.744 e. The van der Waals surface area contributed by atoms with E-state index in [2.05, 4.69) is 76.3 Å². The molecular formula is C96H162CaO14S2. The number of benzene rings is 2. The fourth-order valence-corrected chi connectivity index (χ4v) is 14.8. The van der Waals surface area contributed by atoms with Crippen molar-refractivity contribution in [2.24, 2.45) is 0 Å². The summed E-state index contributed by atoms with van der Waals surface area (Å²) in [6, 6.07) is 6.24. The summed E-state index contributed by atoms with van der Waals surface area (Å²) in [6.07, 6.45) is 96.0. The zero-order chi connectivity index (χ0) is 81.6. The fraction of sp³-hybridized carbons (Fsp3) is 0.750. The number of allylic oxidation sites excluding steroid dienone is 8. The summed E-state index contributed by atoms with van der Waals surface area (Å²) >= 11 is 0. The second-order valence-corrected chi connectivity index (χ2v) is 34.2. The van der Waals surface area contributed by atoms with Gasteiger partial charge >= 0.3 is 61.6 Å². The molecule has 0 radical (unpaired) electrons. The standard InChI is InChI=1S/2C48H82O7S.Ca/c2*1-3-5-7-9-11-13-15-17-19-21-23-25-27-29-31-33-35-37-41-54-47(49)45-40-39-44(56(51,52)53)43-46(45)48(50)55-42-38-36-34-32-30-28-26-24-22-20-18-16-14-12-10-8-6-4-2;/h2*25-28,39-40,43H,3-24,29-38,41-42H2,1-2H3,(H,51,52,53);/q;;+2/p-2/b2*27-25+,28-26+;. The van der Waals surface area contributed by atoms with Crippen molar-refractivity contribution in [2.45, 2.75) is 448 Å². The number of carbonyl (C=O) groups is 4. The topological polar surface area (TPSA) is 220 Å². The van der Waals surface area contributed by atoms with E-state index in [9.17, 15) is 45.1 Å². The maximum Gasteiger partial charge on any atom is 2.00 e. The van der Waals surface area contributed by atoms with Crippen LogP contribution in [-0.4, -0.2) is 114 Å². The van der Waals surface area contributed by atoms with Gasteiger partial charge in [-0.1, -0.05) is 359 Å². The van der Waals surface area contributed by atoms with Gasteiger partial charge in [0, 0.05) is 0 Å². The Morgan fingerprint density at radius 1 is 0.239 bits per heavy atom. The van der Waals surface area contributed by atoms with E-state index in [0.29, 0.717) is 25.7 Å². The van der Waals surface area contributed by atoms with Gasteiger partial charge < -0.3 is 28.1 Å². The molecule has 0 atom stereocenters. The summed E-state index contributed by atoms with van der Waals surface area (Å²) < 4.78 is 91.6. The summed E-state index contributed by atoms with van der Waals surface area (Å²) in [5, 5.41) is 0. The third-order valence-corrected chi connectivity index (χ3v) is 22.7. The summed E-state index contributed by atoms with van der Waals surface area (Å²) in [4.78, 5) is 50.5. The second-order valence-electron chi connectivity index (χ2n) is 31.4. The molecule has 0 bridgehead atoms. The number of carbonyl (C=O) groups excluding carboxylic acids is 4. The molecule has 2 aromatic rings. The Morgan fingerprint density at radius 3 is 0.558 bits per heavy atom. The van der Waals surface area contributed by atoms with Gasteiger partial charge in [-0.05, 0) is 165 Å². The van der Waals surface area contributed by atoms with Crippen molar-refractivity contribution in [2.75, 3.05) is 26.4 Å². The minimum absolute atomic E-state index is 0. The third-order valence-electron chi connectivity index (χ3n) is 21.0. The molecule has 0 aliphatic carbocycles. The van der Waals surface area contributed by atoms with Crippen LogP contribution in [0.15, 0.2) is 94.8 Å². The number of unbranched alkanes of at least 4 members (excludes halogenated alkanes) is 56. The normalized spacial score (nSPS) is 11.8. The minimum atomic E-state index is -4.82. The monoisotopic (exact) mass is 1640 g/mol. The molecule has 0 N–H and O–H groups in total. The quantitative estimate of drug-likeness (QED) is 0.0150. The van der Waals surface area contributed by atoms with E-state index >= 15 is 0 Å². The Kier molecular flexibility index (Phi) is 78.2. The van der Waals surface area contributed by atoms with Crippen molar-refractivity contribution >= 4 is 81.9 Å². The first kappa shape index (κ1) is 109. The molecule has 0 fully saturated rings. The van der Waals surface area contributed by atoms with Crippen LogP contribution in [0.3, 0.4) is 0 Å². The van der Waals surface area contributed by atoms with Crippen LogP contribution in [0.25, 0.3) is 0 Å². The van der Waals surface area contributed by atoms with Gasteiger partial charge in [0.25, 0.3) is 0 Å². The molecule has 0 unspecified atom stereocenters. The van der Waals surface area contributed by atoms with Crippen LogP contribution >= 0.6 is 0 Å². The second kappa shape index (κ2) is 80.8. The summed E-state index contributed by atoms with van der Waals surface area (Å²) in [5.41, 5.74) is -0.716. The Morgan fingerprint density at radius 2 is 0.389 bits per heavy atom. The first-order valence-electron chi connectivity index (χ1n) is 46.1. The third kappa shape index (κ3) is 67.9. The number of hydrogen-bond donors (Lipinski definition) is 0. The fourth-order valence-electron chi connectivity index (χ4n) is 13.8. The van der Waals surface area contributed by atoms with E-state index in [1.807, 2.05) is 0 Å². The Balaban J connectivity index is 0.00000220. The van der Waals surface area contributed by atoms with Crippen LogP contribution in [0.1, 0.15) is 480 Å². The average Bonchev–Trinajstić information content (AvgIpc) is 0.814. The molecule has 113 heavy (non-hydrogen) atoms. The van der Waals surface area contributed by atoms with Crippen molar-refractivity contribution in [1.29, 1.82) is 0 Å². The SMILES string of the molecule is CCCCCCCCCCCC/C=C/CCCCCCOC(=O)c1ccc(S(=O)(=O)[O-])cc1C(=O)OCCCCCC/C=C/CCCCCCCCCCCC.CCCCCCCCCCCC/C=C/CCCCCCOC(=O)c1ccc(S(=O)(=O)[O-])cc1C(=O)OCCCCCC/C=C/CCCCCCCCCCCC.[Ca+2]. The first-order chi connectivity index (χ1) is 54.6. The predicted octanol–water partition coefficient (Wildman–Crippen LogP) is 28.7. The Bertz CT molecular complexity index is 2740. The molecule has 0 saturated carbocycles. The average molecular weight is 1640 g/mol. The Hall–Kier alpha value is -3.64. The molecule has 0 aliphatic rings. The van der Waals surface area contributed by atoms with Gasteiger partial charge in [-0.15, -0.1) is 0 Å². The molecule has 0 heterocycles. The molecule has 2 aromatic carbocycles. The van der Waals surface area contributed by atoms with Crippen LogP contribution in [-0.2, 0) is 39.2 Å². The zero-order valence-corrected chi connectivity index (χ0v) is 76.2. The molecule has 0 saturated heterocycles. The van der Waals surface area contributed by atoms with Crippen LogP contribution in [0.4, 0.5) is 0 Å². The maximum atomic E-state index is 12.9. The van der Waals surface area contributed by atoms with Crippen LogP contribution in [0, 0.1) is 0 Å². The van der Waals surface area contributed by atoms with Gasteiger partial charge in [0.2, 0.25) is 0 Å². The first-order valence-corrected chi connectivity index (χ1v) is 48.9. The maximum absolute atomic E-state index is 12.9. The molecule has 14 nitrogen and oxygen atoms in total. The van der Waals surface area contributed by atoms with E-state index in [0.717, 1.165) is 165 Å². The molecular weight excluding hydrogens is 1480 g/mol. The molecule has 0 amide bonds. The van der Waals surface area contributed by atoms with Crippen molar-refractivity contribution in [1.82, 2.24) is 0 Å². The van der Waals surface area contributed by atoms with Crippen LogP contribution in [0.2, 0.25) is 0 Å². The van der Waals surface area contributed by atoms with E-state index in [1.165, 1.54) is 257 Å². The predicted molar refractivity (Wildman–Crippen MR) is 470 cm³/mol. The molecule has 0 spiro atoms. The Labute approximate surface area is 722 Å². The van der Waals surface area contributed by atoms with Crippen molar-refractivity contribution in [3.05, 3.63) is 107 Å². The van der Waals surface area contributed by atoms with Gasteiger partial charge in [-0.2, -0.15) is 0 Å². The van der Waals surface area contributed by atoms with E-state index in [1.54, 1.807) is 0 Å². The molecule has 644 valence electrons. The summed E-state index contributed by atoms with van der Waals surface area (Å²) in [7, 11) is -9.65. The van der Waals surface area contributed by atoms with Gasteiger partial charge in [-0.25, -0.2) is 36.0 Å². The summed E-state index contributed by atoms with van der Waals surface area (Å²) in [6.45, 7) is 9.72. The van der Waals surface area contributed by atoms with Gasteiger partial charge in [0.15, 0.2) is 0 Å². The van der Waals surface area contributed by atoms with E-state index < -0.39 is 53.9 Å². The number of esters is 4. The summed E-state index contributed by atoms with van der Waals surface area (Å²) in [5.74, 6) is -3.14. The van der Waals surface area contributed by atoms with Crippen molar-refractivity contribution in [3.63, 3.8) is 0 Å². The number of rotatable bonds is 78. The van der Waals surface area contributed by atoms with E-state index in [-0.39, 0.29) is 86.4 Å². The van der Waals surface area contributed by atoms with E-state index in [4.69, 9.17) is 18.9 Å². The van der Waals surface area contributed by atoms with Gasteiger partial charge in [0.05, 0.1) is 58.5 Å². The minimum Gasteiger partial charge on any atom is -0.744 e. The van der Waals surface area contributed by atoms with Crippen molar-refractivity contribution < 1.29 is 64.1 Å². The van der Waals surface area contributed by atoms with Crippen molar-refractivity contribution in [3.8, 4) is 0 Å². The van der Waals surface area contributed by atoms with Crippen LogP contribution < -0.4 is 0 Å².